The van der Waals surface area contributed by atoms with Crippen molar-refractivity contribution >= 4 is 82.6 Å². The molecule has 10 aromatic carbocycles. The number of aliphatic hydroxyl groups is 1. The lowest BCUT2D eigenvalue weighted by atomic mass is 9.77. The van der Waals surface area contributed by atoms with Crippen LogP contribution in [0.5, 0.6) is 0 Å². The van der Waals surface area contributed by atoms with Crippen LogP contribution in [0.1, 0.15) is 117 Å². The van der Waals surface area contributed by atoms with Gasteiger partial charge in [-0.2, -0.15) is 0 Å². The molecule has 1 N–H and O–H groups in total. The molecule has 0 amide bonds. The molecule has 1 heterocycles. The predicted octanol–water partition coefficient (Wildman–Crippen LogP) is 23.0. The second-order valence-corrected chi connectivity index (χ2v) is 24.0. The van der Waals surface area contributed by atoms with Gasteiger partial charge < -0.3 is 14.4 Å². The standard InChI is InChI=1S/C79H72N2O2/c1-51-36-40-60(41-37-51)80(72-34-19-33-67-66-32-18-31-63(78(66)83-79(67)72)55-22-8-5-9-23-55)73-49-70(56-24-10-6-11-25-56)64-45-47-69-74(50-71(57-26-12-7-13-27-57)65-44-46-68(73)76(64)77(65)69)81(61-42-38-52(2)39-43-61)75(82)35-16-21-53(3)58-28-17-29-59(48-58)62-30-15-14-20-54(62)4/h5,8-9,14-23,28-38,40-50,52,56-57,82H,3,6-7,10-13,24-27,39H2,1-2,4H3/b21-16-,75-35-. The summed E-state index contributed by atoms with van der Waals surface area (Å²) in [5.41, 5.74) is 18.8. The number of aliphatic hydroxyl groups excluding tert-OH is 1. The van der Waals surface area contributed by atoms with E-state index in [1.54, 1.807) is 0 Å². The maximum atomic E-state index is 12.9. The van der Waals surface area contributed by atoms with Gasteiger partial charge in [0.1, 0.15) is 5.58 Å². The lowest BCUT2D eigenvalue weighted by Crippen LogP contribution is -2.23. The molecule has 3 aliphatic carbocycles. The topological polar surface area (TPSA) is 39.9 Å². The van der Waals surface area contributed by atoms with E-state index in [-0.39, 0.29) is 5.88 Å². The molecule has 0 spiro atoms. The average Bonchev–Trinajstić information content (AvgIpc) is 1.46. The molecule has 0 bridgehead atoms. The first kappa shape index (κ1) is 52.2. The number of hydrogen-bond acceptors (Lipinski definition) is 4. The van der Waals surface area contributed by atoms with Crippen LogP contribution in [0.3, 0.4) is 0 Å². The molecule has 410 valence electrons. The number of hydrogen-bond donors (Lipinski definition) is 1. The third kappa shape index (κ3) is 9.62. The zero-order valence-corrected chi connectivity index (χ0v) is 48.2. The molecule has 4 nitrogen and oxygen atoms in total. The molecular formula is C79H72N2O2. The van der Waals surface area contributed by atoms with Gasteiger partial charge in [0.2, 0.25) is 0 Å². The number of rotatable bonds is 13. The van der Waals surface area contributed by atoms with Gasteiger partial charge in [-0.3, -0.25) is 4.90 Å². The third-order valence-electron chi connectivity index (χ3n) is 18.6. The molecule has 1 aromatic heterocycles. The van der Waals surface area contributed by atoms with Crippen LogP contribution < -0.4 is 9.80 Å². The summed E-state index contributed by atoms with van der Waals surface area (Å²) >= 11 is 0. The Kier molecular flexibility index (Phi) is 13.9. The zero-order valence-electron chi connectivity index (χ0n) is 48.2. The van der Waals surface area contributed by atoms with Crippen LogP contribution in [0.15, 0.2) is 235 Å². The van der Waals surface area contributed by atoms with Crippen molar-refractivity contribution in [3.63, 3.8) is 0 Å². The van der Waals surface area contributed by atoms with Gasteiger partial charge in [-0.05, 0) is 178 Å². The molecular weight excluding hydrogens is 1010 g/mol. The van der Waals surface area contributed by atoms with Gasteiger partial charge >= 0.3 is 0 Å². The molecule has 14 rings (SSSR count). The number of anilines is 4. The maximum absolute atomic E-state index is 12.9. The number of nitrogens with zero attached hydrogens (tertiary/aromatic N) is 2. The monoisotopic (exact) mass is 1080 g/mol. The van der Waals surface area contributed by atoms with Gasteiger partial charge in [0.15, 0.2) is 11.5 Å². The van der Waals surface area contributed by atoms with Crippen LogP contribution in [-0.2, 0) is 0 Å². The van der Waals surface area contributed by atoms with Gasteiger partial charge in [-0.15, -0.1) is 0 Å². The van der Waals surface area contributed by atoms with Gasteiger partial charge in [0.25, 0.3) is 0 Å². The summed E-state index contributed by atoms with van der Waals surface area (Å²) in [6.45, 7) is 11.1. The normalized spacial score (nSPS) is 16.5. The minimum atomic E-state index is 0.168. The van der Waals surface area contributed by atoms with Crippen molar-refractivity contribution < 1.29 is 9.52 Å². The summed E-state index contributed by atoms with van der Waals surface area (Å²) in [4.78, 5) is 4.65. The van der Waals surface area contributed by atoms with E-state index in [1.165, 1.54) is 93.3 Å². The number of benzene rings is 10. The van der Waals surface area contributed by atoms with Crippen LogP contribution in [0.2, 0.25) is 0 Å². The largest absolute Gasteiger partial charge is 0.494 e. The molecule has 1 atom stereocenters. The van der Waals surface area contributed by atoms with E-state index in [2.05, 4.69) is 231 Å². The van der Waals surface area contributed by atoms with E-state index in [0.717, 1.165) is 116 Å². The highest BCUT2D eigenvalue weighted by molar-refractivity contribution is 6.29. The Morgan fingerprint density at radius 1 is 0.554 bits per heavy atom. The Morgan fingerprint density at radius 2 is 1.16 bits per heavy atom. The Bertz CT molecular complexity index is 4390. The molecule has 0 aliphatic heterocycles. The van der Waals surface area contributed by atoms with E-state index in [4.69, 9.17) is 4.42 Å². The second-order valence-electron chi connectivity index (χ2n) is 24.0. The number of fused-ring (bicyclic) bond motifs is 3. The SMILES string of the molecule is C=C(/C=C\C=C(/O)N(C1=CCC(C)C=C1)c1cc(C2CCCCC2)c2ccc3c(N(c4ccc(C)cc4)c4cccc5c4oc4c(-c6ccccc6)cccc45)cc(C4CCCCC4)c4ccc1c2c43)c1cccc(-c2ccccc2C)c1. The summed E-state index contributed by atoms with van der Waals surface area (Å²) in [5, 5.41) is 22.7. The van der Waals surface area contributed by atoms with Crippen LogP contribution >= 0.6 is 0 Å². The predicted molar refractivity (Wildman–Crippen MR) is 353 cm³/mol. The molecule has 2 fully saturated rings. The highest BCUT2D eigenvalue weighted by atomic mass is 16.3. The molecule has 3 aliphatic rings. The molecule has 0 radical (unpaired) electrons. The van der Waals surface area contributed by atoms with Gasteiger partial charge in [-0.1, -0.05) is 221 Å². The van der Waals surface area contributed by atoms with Crippen molar-refractivity contribution in [2.45, 2.75) is 103 Å². The lowest BCUT2D eigenvalue weighted by Gasteiger charge is -2.33. The first-order chi connectivity index (χ1) is 40.8. The van der Waals surface area contributed by atoms with E-state index >= 15 is 0 Å². The van der Waals surface area contributed by atoms with Crippen LogP contribution in [0.25, 0.3) is 82.1 Å². The summed E-state index contributed by atoms with van der Waals surface area (Å²) in [7, 11) is 0. The van der Waals surface area contributed by atoms with E-state index in [9.17, 15) is 5.11 Å². The highest BCUT2D eigenvalue weighted by Crippen LogP contribution is 2.54. The summed E-state index contributed by atoms with van der Waals surface area (Å²) in [6, 6.07) is 64.8. The summed E-state index contributed by atoms with van der Waals surface area (Å²) in [5.74, 6) is 1.37. The van der Waals surface area contributed by atoms with Crippen LogP contribution in [0, 0.1) is 19.8 Å². The second kappa shape index (κ2) is 22.1. The van der Waals surface area contributed by atoms with E-state index in [1.807, 2.05) is 18.2 Å². The summed E-state index contributed by atoms with van der Waals surface area (Å²) < 4.78 is 7.29. The Balaban J connectivity index is 0.999. The molecule has 4 heteroatoms. The number of aryl methyl sites for hydroxylation is 2. The molecule has 2 saturated carbocycles. The number of para-hydroxylation sites is 2. The van der Waals surface area contributed by atoms with Crippen molar-refractivity contribution in [2.24, 2.45) is 5.92 Å². The summed E-state index contributed by atoms with van der Waals surface area (Å²) in [6.07, 6.45) is 25.6. The Morgan fingerprint density at radius 3 is 1.84 bits per heavy atom. The average molecular weight is 1080 g/mol. The fourth-order valence-electron chi connectivity index (χ4n) is 14.3. The minimum Gasteiger partial charge on any atom is -0.494 e. The quantitative estimate of drug-likeness (QED) is 0.0710. The fourth-order valence-corrected chi connectivity index (χ4v) is 14.3. The van der Waals surface area contributed by atoms with Gasteiger partial charge in [0, 0.05) is 38.5 Å². The molecule has 83 heavy (non-hydrogen) atoms. The number of furan rings is 1. The molecule has 11 aromatic rings. The minimum absolute atomic E-state index is 0.168. The first-order valence-electron chi connectivity index (χ1n) is 30.5. The smallest absolute Gasteiger partial charge is 0.196 e. The van der Waals surface area contributed by atoms with E-state index in [0.29, 0.717) is 17.8 Å². The Labute approximate surface area is 489 Å². The highest BCUT2D eigenvalue weighted by Gasteiger charge is 2.31. The van der Waals surface area contributed by atoms with Gasteiger partial charge in [0.05, 0.1) is 17.1 Å². The fraction of sp³-hybridized carbons (Fsp3) is 0.215. The first-order valence-corrected chi connectivity index (χ1v) is 30.5. The molecule has 0 saturated heterocycles. The van der Waals surface area contributed by atoms with Crippen molar-refractivity contribution in [1.29, 1.82) is 0 Å². The maximum Gasteiger partial charge on any atom is 0.196 e. The van der Waals surface area contributed by atoms with Crippen molar-refractivity contribution in [1.82, 2.24) is 0 Å². The van der Waals surface area contributed by atoms with Gasteiger partial charge in [-0.25, -0.2) is 0 Å². The Hall–Kier alpha value is -8.86. The van der Waals surface area contributed by atoms with Crippen molar-refractivity contribution in [3.8, 4) is 22.3 Å². The van der Waals surface area contributed by atoms with Crippen molar-refractivity contribution in [2.75, 3.05) is 9.80 Å². The third-order valence-corrected chi connectivity index (χ3v) is 18.6. The number of allylic oxidation sites excluding steroid dienone is 7. The van der Waals surface area contributed by atoms with Crippen molar-refractivity contribution in [3.05, 3.63) is 258 Å². The van der Waals surface area contributed by atoms with E-state index < -0.39 is 0 Å². The van der Waals surface area contributed by atoms with Crippen LogP contribution in [-0.4, -0.2) is 5.11 Å². The lowest BCUT2D eigenvalue weighted by molar-refractivity contribution is 0.399. The zero-order chi connectivity index (χ0) is 56.1. The van der Waals surface area contributed by atoms with Crippen LogP contribution in [0.4, 0.5) is 22.7 Å². The molecule has 1 unspecified atom stereocenters.